The summed E-state index contributed by atoms with van der Waals surface area (Å²) in [4.78, 5) is 34.4. The highest BCUT2D eigenvalue weighted by molar-refractivity contribution is 5.79. The van der Waals surface area contributed by atoms with E-state index in [1.54, 1.807) is 14.0 Å². The van der Waals surface area contributed by atoms with Gasteiger partial charge in [0.25, 0.3) is 12.0 Å². The molecule has 3 N–H and O–H groups in total. The summed E-state index contributed by atoms with van der Waals surface area (Å²) in [5.74, 6) is 1.35. The lowest BCUT2D eigenvalue weighted by molar-refractivity contribution is -0.129. The van der Waals surface area contributed by atoms with Crippen LogP contribution in [0.15, 0.2) is 29.1 Å². The third-order valence-electron chi connectivity index (χ3n) is 4.74. The number of aromatic nitrogens is 2. The van der Waals surface area contributed by atoms with Crippen molar-refractivity contribution in [2.45, 2.75) is 26.2 Å². The third-order valence-corrected chi connectivity index (χ3v) is 4.74. The first-order valence-electron chi connectivity index (χ1n) is 8.73. The van der Waals surface area contributed by atoms with E-state index in [9.17, 15) is 9.59 Å². The van der Waals surface area contributed by atoms with Crippen LogP contribution >= 0.6 is 0 Å². The molecular formula is C19H25N3O5. The predicted octanol–water partition coefficient (Wildman–Crippen LogP) is 1.35. The molecule has 1 amide bonds. The minimum absolute atomic E-state index is 0.0282. The number of hydrogen-bond donors (Lipinski definition) is 3. The molecule has 1 unspecified atom stereocenters. The Labute approximate surface area is 157 Å². The third kappa shape index (κ3) is 5.47. The molecule has 1 saturated heterocycles. The first-order chi connectivity index (χ1) is 13.0. The smallest absolute Gasteiger partial charge is 0.290 e. The number of nitrogens with one attached hydrogen (secondary N) is 2. The minimum Gasteiger partial charge on any atom is -0.497 e. The zero-order chi connectivity index (χ0) is 19.8. The summed E-state index contributed by atoms with van der Waals surface area (Å²) < 4.78 is 5.17. The van der Waals surface area contributed by atoms with E-state index in [0.717, 1.165) is 37.4 Å². The number of carbonyl (C=O) groups is 2. The van der Waals surface area contributed by atoms with Gasteiger partial charge in [-0.25, -0.2) is 0 Å². The molecule has 1 fully saturated rings. The Morgan fingerprint density at radius 1 is 1.33 bits per heavy atom. The molecule has 0 bridgehead atoms. The number of hydrogen-bond acceptors (Lipinski definition) is 4. The van der Waals surface area contributed by atoms with E-state index < -0.39 is 0 Å². The summed E-state index contributed by atoms with van der Waals surface area (Å²) in [5, 5.41) is 12.2. The average molecular weight is 375 g/mol. The van der Waals surface area contributed by atoms with E-state index in [-0.39, 0.29) is 24.4 Å². The lowest BCUT2D eigenvalue weighted by Gasteiger charge is -2.16. The SMILES string of the molecule is COc1ccc(CC2CCN(C(=O)Cc3c(C)[nH][nH]c3=O)C2)cc1.O=CO. The van der Waals surface area contributed by atoms with E-state index >= 15 is 0 Å². The first kappa shape index (κ1) is 20.3. The number of methoxy groups -OCH3 is 1. The maximum atomic E-state index is 12.4. The van der Waals surface area contributed by atoms with Gasteiger partial charge in [-0.3, -0.25) is 19.5 Å². The molecule has 0 saturated carbocycles. The van der Waals surface area contributed by atoms with Gasteiger partial charge in [0.2, 0.25) is 5.91 Å². The fourth-order valence-electron chi connectivity index (χ4n) is 3.27. The molecule has 27 heavy (non-hydrogen) atoms. The number of likely N-dealkylation sites (tertiary alicyclic amines) is 1. The van der Waals surface area contributed by atoms with Crippen LogP contribution in [0.25, 0.3) is 0 Å². The number of rotatable bonds is 5. The zero-order valence-electron chi connectivity index (χ0n) is 15.5. The van der Waals surface area contributed by atoms with Gasteiger partial charge in [-0.05, 0) is 43.4 Å². The number of aromatic amines is 2. The molecule has 8 heteroatoms. The van der Waals surface area contributed by atoms with Crippen molar-refractivity contribution in [3.05, 3.63) is 51.4 Å². The number of aryl methyl sites for hydroxylation is 1. The van der Waals surface area contributed by atoms with Gasteiger partial charge in [0, 0.05) is 24.3 Å². The lowest BCUT2D eigenvalue weighted by atomic mass is 9.99. The first-order valence-corrected chi connectivity index (χ1v) is 8.73. The highest BCUT2D eigenvalue weighted by atomic mass is 16.5. The second kappa shape index (κ2) is 9.61. The summed E-state index contributed by atoms with van der Waals surface area (Å²) in [6, 6.07) is 8.08. The Hall–Kier alpha value is -3.03. The summed E-state index contributed by atoms with van der Waals surface area (Å²) in [7, 11) is 1.66. The second-order valence-corrected chi connectivity index (χ2v) is 6.51. The Kier molecular flexibility index (Phi) is 7.22. The highest BCUT2D eigenvalue weighted by Gasteiger charge is 2.27. The molecule has 146 valence electrons. The lowest BCUT2D eigenvalue weighted by Crippen LogP contribution is -2.31. The molecule has 0 aliphatic carbocycles. The summed E-state index contributed by atoms with van der Waals surface area (Å²) >= 11 is 0. The van der Waals surface area contributed by atoms with Gasteiger partial charge in [-0.1, -0.05) is 12.1 Å². The van der Waals surface area contributed by atoms with Crippen LogP contribution in [0.5, 0.6) is 5.75 Å². The standard InChI is InChI=1S/C18H23N3O3.CH2O2/c1-12-16(18(23)20-19-12)10-17(22)21-8-7-14(11-21)9-13-3-5-15(24-2)6-4-13;2-1-3/h3-6,14H,7-11H2,1-2H3,(H2,19,20,23);1H,(H,2,3). The van der Waals surface area contributed by atoms with Gasteiger partial charge in [-0.2, -0.15) is 0 Å². The predicted molar refractivity (Wildman–Crippen MR) is 99.9 cm³/mol. The Morgan fingerprint density at radius 2 is 2.00 bits per heavy atom. The maximum Gasteiger partial charge on any atom is 0.290 e. The minimum atomic E-state index is -0.250. The molecule has 8 nitrogen and oxygen atoms in total. The molecule has 1 aliphatic rings. The number of benzene rings is 1. The van der Waals surface area contributed by atoms with Crippen molar-refractivity contribution in [1.82, 2.24) is 15.1 Å². The number of carboxylic acid groups (broad SMARTS) is 1. The topological polar surface area (TPSA) is 115 Å². The molecule has 1 atom stereocenters. The quantitative estimate of drug-likeness (QED) is 0.683. The Morgan fingerprint density at radius 3 is 2.56 bits per heavy atom. The van der Waals surface area contributed by atoms with Crippen molar-refractivity contribution in [3.8, 4) is 5.75 Å². The van der Waals surface area contributed by atoms with Gasteiger partial charge >= 0.3 is 0 Å². The zero-order valence-corrected chi connectivity index (χ0v) is 15.5. The van der Waals surface area contributed by atoms with Crippen molar-refractivity contribution < 1.29 is 19.4 Å². The molecule has 2 aromatic rings. The van der Waals surface area contributed by atoms with Gasteiger partial charge in [-0.15, -0.1) is 0 Å². The number of ether oxygens (including phenoxy) is 1. The molecule has 0 spiro atoms. The van der Waals surface area contributed by atoms with Crippen LogP contribution in [0, 0.1) is 12.8 Å². The molecule has 3 rings (SSSR count). The molecular weight excluding hydrogens is 350 g/mol. The molecule has 1 aromatic heterocycles. The van der Waals surface area contributed by atoms with Crippen molar-refractivity contribution in [2.24, 2.45) is 5.92 Å². The van der Waals surface area contributed by atoms with E-state index in [4.69, 9.17) is 14.6 Å². The summed E-state index contributed by atoms with van der Waals surface area (Å²) in [6.45, 7) is 3.07. The van der Waals surface area contributed by atoms with Crippen LogP contribution in [0.2, 0.25) is 0 Å². The van der Waals surface area contributed by atoms with Gasteiger partial charge in [0.1, 0.15) is 5.75 Å². The number of H-pyrrole nitrogens is 2. The Balaban J connectivity index is 0.000000817. The van der Waals surface area contributed by atoms with Crippen LogP contribution in [-0.4, -0.2) is 52.8 Å². The highest BCUT2D eigenvalue weighted by Crippen LogP contribution is 2.22. The van der Waals surface area contributed by atoms with Crippen LogP contribution in [0.4, 0.5) is 0 Å². The van der Waals surface area contributed by atoms with Gasteiger partial charge < -0.3 is 19.8 Å². The van der Waals surface area contributed by atoms with E-state index in [1.165, 1.54) is 5.56 Å². The van der Waals surface area contributed by atoms with Gasteiger partial charge in [0.05, 0.1) is 13.5 Å². The second-order valence-electron chi connectivity index (χ2n) is 6.51. The van der Waals surface area contributed by atoms with Crippen molar-refractivity contribution >= 4 is 12.4 Å². The maximum absolute atomic E-state index is 12.4. The van der Waals surface area contributed by atoms with Gasteiger partial charge in [0.15, 0.2) is 0 Å². The van der Waals surface area contributed by atoms with Crippen LogP contribution in [0.3, 0.4) is 0 Å². The summed E-state index contributed by atoms with van der Waals surface area (Å²) in [5.41, 5.74) is 2.34. The van der Waals surface area contributed by atoms with E-state index in [1.807, 2.05) is 17.0 Å². The van der Waals surface area contributed by atoms with Crippen molar-refractivity contribution in [3.63, 3.8) is 0 Å². The monoisotopic (exact) mass is 375 g/mol. The van der Waals surface area contributed by atoms with Crippen LogP contribution in [-0.2, 0) is 22.4 Å². The fourth-order valence-corrected chi connectivity index (χ4v) is 3.27. The van der Waals surface area contributed by atoms with E-state index in [0.29, 0.717) is 11.5 Å². The van der Waals surface area contributed by atoms with Crippen molar-refractivity contribution in [1.29, 1.82) is 0 Å². The number of nitrogens with zero attached hydrogens (tertiary/aromatic N) is 1. The van der Waals surface area contributed by atoms with E-state index in [2.05, 4.69) is 22.3 Å². The molecule has 1 aromatic carbocycles. The molecule has 1 aliphatic heterocycles. The number of carbonyl (C=O) groups excluding carboxylic acids is 1. The van der Waals surface area contributed by atoms with Crippen LogP contribution < -0.4 is 10.3 Å². The Bertz CT molecular complexity index is 809. The number of amides is 1. The van der Waals surface area contributed by atoms with Crippen LogP contribution in [0.1, 0.15) is 23.2 Å². The largest absolute Gasteiger partial charge is 0.497 e. The molecule has 2 heterocycles. The summed E-state index contributed by atoms with van der Waals surface area (Å²) in [6.07, 6.45) is 2.12. The fraction of sp³-hybridized carbons (Fsp3) is 0.421. The molecule has 0 radical (unpaired) electrons. The average Bonchev–Trinajstić information content (AvgIpc) is 3.25. The normalized spacial score (nSPS) is 15.8. The van der Waals surface area contributed by atoms with Crippen molar-refractivity contribution in [2.75, 3.05) is 20.2 Å².